The number of nitrogens with zero attached hydrogens (tertiary/aromatic N) is 1. The van der Waals surface area contributed by atoms with E-state index >= 15 is 0 Å². The number of halogens is 3. The van der Waals surface area contributed by atoms with Gasteiger partial charge in [0.25, 0.3) is 0 Å². The highest BCUT2D eigenvalue weighted by molar-refractivity contribution is 6.31. The third kappa shape index (κ3) is 2.31. The molecule has 3 rings (SSSR count). The van der Waals surface area contributed by atoms with Crippen LogP contribution in [0.1, 0.15) is 11.4 Å². The van der Waals surface area contributed by atoms with Crippen molar-refractivity contribution in [1.82, 2.24) is 9.97 Å². The van der Waals surface area contributed by atoms with Gasteiger partial charge in [0.05, 0.1) is 11.0 Å². The second-order valence-electron chi connectivity index (χ2n) is 4.22. The van der Waals surface area contributed by atoms with Gasteiger partial charge in [-0.05, 0) is 30.3 Å². The number of aromatic nitrogens is 2. The van der Waals surface area contributed by atoms with Crippen molar-refractivity contribution < 1.29 is 8.78 Å². The summed E-state index contributed by atoms with van der Waals surface area (Å²) in [6.45, 7) is 0. The SMILES string of the molecule is Fc1ccc2nc(Cc3c(F)cccc3Cl)[nH]c2c1. The smallest absolute Gasteiger partial charge is 0.128 e. The van der Waals surface area contributed by atoms with Crippen LogP contribution in [0.4, 0.5) is 8.78 Å². The number of aromatic amines is 1. The van der Waals surface area contributed by atoms with E-state index in [1.807, 2.05) is 0 Å². The van der Waals surface area contributed by atoms with E-state index in [4.69, 9.17) is 11.6 Å². The second kappa shape index (κ2) is 4.63. The predicted molar refractivity (Wildman–Crippen MR) is 70.3 cm³/mol. The largest absolute Gasteiger partial charge is 0.342 e. The summed E-state index contributed by atoms with van der Waals surface area (Å²) < 4.78 is 26.7. The van der Waals surface area contributed by atoms with Crippen LogP contribution in [0.5, 0.6) is 0 Å². The maximum absolute atomic E-state index is 13.7. The molecule has 0 aliphatic heterocycles. The van der Waals surface area contributed by atoms with Crippen LogP contribution in [0, 0.1) is 11.6 Å². The highest BCUT2D eigenvalue weighted by Crippen LogP contribution is 2.22. The molecule has 5 heteroatoms. The van der Waals surface area contributed by atoms with Gasteiger partial charge < -0.3 is 4.98 Å². The van der Waals surface area contributed by atoms with E-state index in [0.29, 0.717) is 27.4 Å². The molecule has 2 nitrogen and oxygen atoms in total. The lowest BCUT2D eigenvalue weighted by Crippen LogP contribution is -1.95. The van der Waals surface area contributed by atoms with Crippen molar-refractivity contribution in [2.24, 2.45) is 0 Å². The zero-order valence-corrected chi connectivity index (χ0v) is 10.5. The molecule has 0 aliphatic rings. The number of rotatable bonds is 2. The fourth-order valence-corrected chi connectivity index (χ4v) is 2.22. The topological polar surface area (TPSA) is 28.7 Å². The van der Waals surface area contributed by atoms with Crippen LogP contribution in [0.15, 0.2) is 36.4 Å². The van der Waals surface area contributed by atoms with Gasteiger partial charge in [-0.25, -0.2) is 13.8 Å². The van der Waals surface area contributed by atoms with Crippen LogP contribution >= 0.6 is 11.6 Å². The average Bonchev–Trinajstić information content (AvgIpc) is 2.75. The molecule has 0 saturated carbocycles. The fraction of sp³-hybridized carbons (Fsp3) is 0.0714. The Kier molecular flexibility index (Phi) is 2.95. The first kappa shape index (κ1) is 12.1. The van der Waals surface area contributed by atoms with Gasteiger partial charge in [-0.15, -0.1) is 0 Å². The molecule has 0 radical (unpaired) electrons. The first-order valence-corrected chi connectivity index (χ1v) is 6.08. The number of nitrogens with one attached hydrogen (secondary N) is 1. The Labute approximate surface area is 113 Å². The Bertz CT molecular complexity index is 732. The molecule has 0 unspecified atom stereocenters. The van der Waals surface area contributed by atoms with E-state index in [-0.39, 0.29) is 18.1 Å². The Morgan fingerprint density at radius 2 is 2.00 bits per heavy atom. The standard InChI is InChI=1S/C14H9ClF2N2/c15-10-2-1-3-11(17)9(10)7-14-18-12-5-4-8(16)6-13(12)19-14/h1-6H,7H2,(H,18,19). The maximum atomic E-state index is 13.7. The lowest BCUT2D eigenvalue weighted by Gasteiger charge is -2.03. The van der Waals surface area contributed by atoms with Crippen molar-refractivity contribution >= 4 is 22.6 Å². The van der Waals surface area contributed by atoms with Crippen molar-refractivity contribution in [3.63, 3.8) is 0 Å². The summed E-state index contributed by atoms with van der Waals surface area (Å²) in [4.78, 5) is 7.25. The van der Waals surface area contributed by atoms with Gasteiger partial charge in [0.15, 0.2) is 0 Å². The summed E-state index contributed by atoms with van der Waals surface area (Å²) in [5.41, 5.74) is 1.61. The van der Waals surface area contributed by atoms with Crippen molar-refractivity contribution in [2.45, 2.75) is 6.42 Å². The predicted octanol–water partition coefficient (Wildman–Crippen LogP) is 4.09. The van der Waals surface area contributed by atoms with Crippen LogP contribution in [-0.4, -0.2) is 9.97 Å². The third-order valence-corrected chi connectivity index (χ3v) is 3.25. The highest BCUT2D eigenvalue weighted by Gasteiger charge is 2.11. The van der Waals surface area contributed by atoms with Crippen molar-refractivity contribution in [2.75, 3.05) is 0 Å². The van der Waals surface area contributed by atoms with E-state index < -0.39 is 0 Å². The van der Waals surface area contributed by atoms with Gasteiger partial charge >= 0.3 is 0 Å². The average molecular weight is 279 g/mol. The molecule has 0 spiro atoms. The second-order valence-corrected chi connectivity index (χ2v) is 4.63. The summed E-state index contributed by atoms with van der Waals surface area (Å²) >= 11 is 5.96. The number of imidazole rings is 1. The zero-order valence-electron chi connectivity index (χ0n) is 9.75. The molecular weight excluding hydrogens is 270 g/mol. The Balaban J connectivity index is 2.01. The minimum Gasteiger partial charge on any atom is -0.342 e. The molecule has 3 aromatic rings. The summed E-state index contributed by atoms with van der Waals surface area (Å²) in [7, 11) is 0. The van der Waals surface area contributed by atoms with Gasteiger partial charge in [-0.3, -0.25) is 0 Å². The Morgan fingerprint density at radius 3 is 2.79 bits per heavy atom. The number of hydrogen-bond donors (Lipinski definition) is 1. The van der Waals surface area contributed by atoms with Gasteiger partial charge in [0.2, 0.25) is 0 Å². The third-order valence-electron chi connectivity index (χ3n) is 2.90. The molecule has 0 aliphatic carbocycles. The van der Waals surface area contributed by atoms with Crippen LogP contribution in [0.25, 0.3) is 11.0 Å². The van der Waals surface area contributed by atoms with E-state index in [2.05, 4.69) is 9.97 Å². The molecule has 0 amide bonds. The lowest BCUT2D eigenvalue weighted by molar-refractivity contribution is 0.612. The summed E-state index contributed by atoms with van der Waals surface area (Å²) in [6.07, 6.45) is 0.238. The van der Waals surface area contributed by atoms with Crippen molar-refractivity contribution in [3.05, 3.63) is 64.4 Å². The molecule has 0 fully saturated rings. The highest BCUT2D eigenvalue weighted by atomic mass is 35.5. The van der Waals surface area contributed by atoms with Crippen LogP contribution in [-0.2, 0) is 6.42 Å². The van der Waals surface area contributed by atoms with Crippen molar-refractivity contribution in [1.29, 1.82) is 0 Å². The van der Waals surface area contributed by atoms with Crippen LogP contribution < -0.4 is 0 Å². The fourth-order valence-electron chi connectivity index (χ4n) is 1.99. The maximum Gasteiger partial charge on any atom is 0.128 e. The number of hydrogen-bond acceptors (Lipinski definition) is 1. The Morgan fingerprint density at radius 1 is 1.16 bits per heavy atom. The summed E-state index contributed by atoms with van der Waals surface area (Å²) in [5.74, 6) is -0.168. The summed E-state index contributed by atoms with van der Waals surface area (Å²) in [6, 6.07) is 8.80. The van der Waals surface area contributed by atoms with E-state index in [1.165, 1.54) is 18.2 Å². The molecule has 0 atom stereocenters. The normalized spacial score (nSPS) is 11.1. The molecule has 2 aromatic carbocycles. The molecule has 1 N–H and O–H groups in total. The summed E-state index contributed by atoms with van der Waals surface area (Å²) in [5, 5.41) is 0.353. The molecular formula is C14H9ClF2N2. The van der Waals surface area contributed by atoms with E-state index in [1.54, 1.807) is 18.2 Å². The van der Waals surface area contributed by atoms with Gasteiger partial charge in [-0.1, -0.05) is 17.7 Å². The minimum absolute atomic E-state index is 0.238. The quantitative estimate of drug-likeness (QED) is 0.751. The molecule has 0 saturated heterocycles. The first-order chi connectivity index (χ1) is 9.13. The van der Waals surface area contributed by atoms with Gasteiger partial charge in [0.1, 0.15) is 17.5 Å². The van der Waals surface area contributed by atoms with Crippen LogP contribution in [0.3, 0.4) is 0 Å². The molecule has 1 aromatic heterocycles. The molecule has 19 heavy (non-hydrogen) atoms. The number of H-pyrrole nitrogens is 1. The molecule has 0 bridgehead atoms. The van der Waals surface area contributed by atoms with Gasteiger partial charge in [0, 0.05) is 17.0 Å². The van der Waals surface area contributed by atoms with Gasteiger partial charge in [-0.2, -0.15) is 0 Å². The van der Waals surface area contributed by atoms with Crippen molar-refractivity contribution in [3.8, 4) is 0 Å². The van der Waals surface area contributed by atoms with E-state index in [9.17, 15) is 8.78 Å². The number of fused-ring (bicyclic) bond motifs is 1. The molecule has 96 valence electrons. The molecule has 1 heterocycles. The number of benzene rings is 2. The minimum atomic E-state index is -0.376. The Hall–Kier alpha value is -1.94. The zero-order chi connectivity index (χ0) is 13.4. The van der Waals surface area contributed by atoms with Crippen LogP contribution in [0.2, 0.25) is 5.02 Å². The van der Waals surface area contributed by atoms with E-state index in [0.717, 1.165) is 0 Å². The lowest BCUT2D eigenvalue weighted by atomic mass is 10.1. The first-order valence-electron chi connectivity index (χ1n) is 5.70. The monoisotopic (exact) mass is 278 g/mol.